The Morgan fingerprint density at radius 1 is 1.17 bits per heavy atom. The number of aromatic nitrogens is 3. The van der Waals surface area contributed by atoms with E-state index in [0.717, 1.165) is 29.2 Å². The number of hydrogen-bond donors (Lipinski definition) is 0. The van der Waals surface area contributed by atoms with Gasteiger partial charge in [-0.3, -0.25) is 4.79 Å². The molecule has 30 heavy (non-hydrogen) atoms. The molecule has 1 aromatic carbocycles. The van der Waals surface area contributed by atoms with Crippen LogP contribution in [0.25, 0.3) is 0 Å². The molecule has 0 saturated carbocycles. The number of Topliss-reactive ketones (excluding diaryl/α,β-unsaturated/α-hetero) is 1. The van der Waals surface area contributed by atoms with Gasteiger partial charge in [-0.25, -0.2) is 4.79 Å². The number of ketones is 1. The predicted molar refractivity (Wildman–Crippen MR) is 114 cm³/mol. The molecule has 0 aliphatic heterocycles. The summed E-state index contributed by atoms with van der Waals surface area (Å²) in [6, 6.07) is 8.97. The molecule has 2 aromatic heterocycles. The number of carbonyl (C=O) groups excluding carboxylic acids is 2. The molecule has 0 bridgehead atoms. The lowest BCUT2D eigenvalue weighted by Crippen LogP contribution is -2.15. The number of aryl methyl sites for hydroxylation is 2. The number of carbonyl (C=O) groups is 2. The van der Waals surface area contributed by atoms with E-state index in [9.17, 15) is 9.59 Å². The lowest BCUT2D eigenvalue weighted by atomic mass is 10.1. The molecule has 2 heterocycles. The van der Waals surface area contributed by atoms with Crippen molar-refractivity contribution < 1.29 is 18.8 Å². The Balaban J connectivity index is 1.65. The van der Waals surface area contributed by atoms with Crippen molar-refractivity contribution in [1.82, 2.24) is 14.7 Å². The number of rotatable bonds is 9. The quantitative estimate of drug-likeness (QED) is 0.281. The van der Waals surface area contributed by atoms with Gasteiger partial charge in [0, 0.05) is 28.4 Å². The van der Waals surface area contributed by atoms with E-state index in [1.165, 1.54) is 11.8 Å². The van der Waals surface area contributed by atoms with Gasteiger partial charge in [0.1, 0.15) is 0 Å². The highest BCUT2D eigenvalue weighted by atomic mass is 32.2. The summed E-state index contributed by atoms with van der Waals surface area (Å²) in [6.07, 6.45) is 0.983. The summed E-state index contributed by atoms with van der Waals surface area (Å²) in [5, 5.41) is 3.76. The SMILES string of the molecule is CCCn1c(C)cc(C(=O)COC(=O)c2ccccc2SCc2nc(C)no2)c1C. The van der Waals surface area contributed by atoms with Gasteiger partial charge in [-0.05, 0) is 45.4 Å². The van der Waals surface area contributed by atoms with Crippen LogP contribution in [0.2, 0.25) is 0 Å². The van der Waals surface area contributed by atoms with Gasteiger partial charge in [-0.15, -0.1) is 11.8 Å². The number of esters is 1. The fourth-order valence-corrected chi connectivity index (χ4v) is 4.11. The van der Waals surface area contributed by atoms with E-state index >= 15 is 0 Å². The fraction of sp³-hybridized carbons (Fsp3) is 0.364. The van der Waals surface area contributed by atoms with Crippen molar-refractivity contribution in [2.24, 2.45) is 0 Å². The number of thioether (sulfide) groups is 1. The van der Waals surface area contributed by atoms with Crippen LogP contribution in [0.5, 0.6) is 0 Å². The molecule has 3 aromatic rings. The first-order chi connectivity index (χ1) is 14.4. The monoisotopic (exact) mass is 427 g/mol. The minimum atomic E-state index is -0.532. The zero-order valence-corrected chi connectivity index (χ0v) is 18.4. The number of benzene rings is 1. The van der Waals surface area contributed by atoms with E-state index in [1.807, 2.05) is 32.0 Å². The number of hydrogen-bond acceptors (Lipinski definition) is 7. The van der Waals surface area contributed by atoms with Crippen LogP contribution in [0.4, 0.5) is 0 Å². The lowest BCUT2D eigenvalue weighted by Gasteiger charge is -2.09. The minimum absolute atomic E-state index is 0.203. The summed E-state index contributed by atoms with van der Waals surface area (Å²) in [6.45, 7) is 8.30. The zero-order chi connectivity index (χ0) is 21.7. The normalized spacial score (nSPS) is 10.9. The summed E-state index contributed by atoms with van der Waals surface area (Å²) in [4.78, 5) is 30.2. The molecular weight excluding hydrogens is 402 g/mol. The van der Waals surface area contributed by atoms with E-state index in [4.69, 9.17) is 9.26 Å². The molecule has 0 unspecified atom stereocenters. The second-order valence-corrected chi connectivity index (χ2v) is 7.97. The summed E-state index contributed by atoms with van der Waals surface area (Å²) in [7, 11) is 0. The van der Waals surface area contributed by atoms with Crippen LogP contribution in [0.3, 0.4) is 0 Å². The van der Waals surface area contributed by atoms with Crippen LogP contribution >= 0.6 is 11.8 Å². The predicted octanol–water partition coefficient (Wildman–Crippen LogP) is 4.54. The Morgan fingerprint density at radius 2 is 1.93 bits per heavy atom. The molecule has 0 amide bonds. The van der Waals surface area contributed by atoms with Crippen LogP contribution in [0.15, 0.2) is 39.8 Å². The van der Waals surface area contributed by atoms with Crippen LogP contribution in [-0.2, 0) is 17.0 Å². The maximum atomic E-state index is 12.6. The molecule has 0 atom stereocenters. The maximum Gasteiger partial charge on any atom is 0.339 e. The highest BCUT2D eigenvalue weighted by molar-refractivity contribution is 7.98. The standard InChI is InChI=1S/C22H25N3O4S/c1-5-10-25-14(2)11-18(15(25)3)19(26)12-28-22(27)17-8-6-7-9-20(17)30-13-21-23-16(4)24-29-21/h6-9,11H,5,10,12-13H2,1-4H3. The van der Waals surface area contributed by atoms with Crippen molar-refractivity contribution in [1.29, 1.82) is 0 Å². The molecule has 8 heteroatoms. The van der Waals surface area contributed by atoms with Gasteiger partial charge < -0.3 is 13.8 Å². The molecule has 0 saturated heterocycles. The molecule has 7 nitrogen and oxygen atoms in total. The molecule has 0 radical (unpaired) electrons. The molecule has 0 aliphatic carbocycles. The van der Waals surface area contributed by atoms with Gasteiger partial charge in [-0.1, -0.05) is 24.2 Å². The van der Waals surface area contributed by atoms with E-state index in [0.29, 0.717) is 28.6 Å². The molecular formula is C22H25N3O4S. The van der Waals surface area contributed by atoms with Crippen molar-refractivity contribution >= 4 is 23.5 Å². The Kier molecular flexibility index (Phi) is 7.10. The first kappa shape index (κ1) is 21.8. The average molecular weight is 428 g/mol. The van der Waals surface area contributed by atoms with Crippen molar-refractivity contribution in [2.75, 3.05) is 6.61 Å². The topological polar surface area (TPSA) is 87.2 Å². The maximum absolute atomic E-state index is 12.6. The minimum Gasteiger partial charge on any atom is -0.454 e. The molecule has 3 rings (SSSR count). The first-order valence-electron chi connectivity index (χ1n) is 9.78. The smallest absolute Gasteiger partial charge is 0.339 e. The highest BCUT2D eigenvalue weighted by Crippen LogP contribution is 2.26. The van der Waals surface area contributed by atoms with Gasteiger partial charge in [0.05, 0.1) is 11.3 Å². The molecule has 158 valence electrons. The summed E-state index contributed by atoms with van der Waals surface area (Å²) in [5.74, 6) is 0.752. The van der Waals surface area contributed by atoms with Gasteiger partial charge in [-0.2, -0.15) is 4.98 Å². The van der Waals surface area contributed by atoms with Crippen molar-refractivity contribution in [3.63, 3.8) is 0 Å². The number of ether oxygens (including phenoxy) is 1. The second kappa shape index (κ2) is 9.75. The van der Waals surface area contributed by atoms with Crippen molar-refractivity contribution in [2.45, 2.75) is 51.3 Å². The van der Waals surface area contributed by atoms with E-state index in [2.05, 4.69) is 21.6 Å². The third-order valence-electron chi connectivity index (χ3n) is 4.68. The summed E-state index contributed by atoms with van der Waals surface area (Å²) < 4.78 is 12.6. The Hall–Kier alpha value is -2.87. The third-order valence-corrected chi connectivity index (χ3v) is 5.74. The Morgan fingerprint density at radius 3 is 2.63 bits per heavy atom. The molecule has 0 spiro atoms. The van der Waals surface area contributed by atoms with Crippen molar-refractivity contribution in [3.8, 4) is 0 Å². The molecule has 0 aliphatic rings. The van der Waals surface area contributed by atoms with Crippen LogP contribution in [-0.4, -0.2) is 33.1 Å². The van der Waals surface area contributed by atoms with Crippen LogP contribution < -0.4 is 0 Å². The number of nitrogens with zero attached hydrogens (tertiary/aromatic N) is 3. The molecule has 0 N–H and O–H groups in total. The van der Waals surface area contributed by atoms with Crippen LogP contribution in [0, 0.1) is 20.8 Å². The fourth-order valence-electron chi connectivity index (χ4n) is 3.24. The van der Waals surface area contributed by atoms with Crippen molar-refractivity contribution in [3.05, 3.63) is 64.6 Å². The summed E-state index contributed by atoms with van der Waals surface area (Å²) >= 11 is 1.40. The van der Waals surface area contributed by atoms with Gasteiger partial charge in [0.2, 0.25) is 11.7 Å². The van der Waals surface area contributed by atoms with Crippen LogP contribution in [0.1, 0.15) is 57.2 Å². The lowest BCUT2D eigenvalue weighted by molar-refractivity contribution is 0.0471. The first-order valence-corrected chi connectivity index (χ1v) is 10.8. The average Bonchev–Trinajstić information content (AvgIpc) is 3.28. The van der Waals surface area contributed by atoms with Gasteiger partial charge >= 0.3 is 5.97 Å². The van der Waals surface area contributed by atoms with E-state index in [-0.39, 0.29) is 12.4 Å². The Bertz CT molecular complexity index is 1050. The van der Waals surface area contributed by atoms with Gasteiger partial charge in [0.15, 0.2) is 12.4 Å². The Labute approximate surface area is 179 Å². The molecule has 0 fully saturated rings. The van der Waals surface area contributed by atoms with E-state index in [1.54, 1.807) is 19.1 Å². The highest BCUT2D eigenvalue weighted by Gasteiger charge is 2.19. The second-order valence-electron chi connectivity index (χ2n) is 6.96. The van der Waals surface area contributed by atoms with E-state index < -0.39 is 5.97 Å². The zero-order valence-electron chi connectivity index (χ0n) is 17.6. The third kappa shape index (κ3) is 4.99. The summed E-state index contributed by atoms with van der Waals surface area (Å²) in [5.41, 5.74) is 2.94. The van der Waals surface area contributed by atoms with Gasteiger partial charge in [0.25, 0.3) is 0 Å². The largest absolute Gasteiger partial charge is 0.454 e.